The zero-order valence-electron chi connectivity index (χ0n) is 15.5. The number of esters is 1. The number of piperidine rings is 1. The van der Waals surface area contributed by atoms with Crippen LogP contribution < -0.4 is 15.0 Å². The van der Waals surface area contributed by atoms with Crippen molar-refractivity contribution in [1.82, 2.24) is 5.32 Å². The molecule has 0 saturated carbocycles. The van der Waals surface area contributed by atoms with E-state index in [1.165, 1.54) is 0 Å². The number of nitrogens with zero attached hydrogens (tertiary/aromatic N) is 1. The minimum atomic E-state index is -0.490. The van der Waals surface area contributed by atoms with E-state index in [1.54, 1.807) is 7.11 Å². The Bertz CT molecular complexity index is 543. The molecule has 5 heteroatoms. The largest absolute Gasteiger partial charge is 0.497 e. The Hall–Kier alpha value is -1.75. The van der Waals surface area contributed by atoms with E-state index in [2.05, 4.69) is 10.2 Å². The van der Waals surface area contributed by atoms with Gasteiger partial charge in [0.25, 0.3) is 0 Å². The predicted molar refractivity (Wildman–Crippen MR) is 96.6 cm³/mol. The average molecular weight is 334 g/mol. The number of ether oxygens (including phenoxy) is 2. The van der Waals surface area contributed by atoms with Gasteiger partial charge in [0.2, 0.25) is 0 Å². The van der Waals surface area contributed by atoms with E-state index in [1.807, 2.05) is 52.1 Å². The maximum absolute atomic E-state index is 12.5. The zero-order chi connectivity index (χ0) is 17.8. The molecule has 5 nitrogen and oxygen atoms in total. The third-order valence-electron chi connectivity index (χ3n) is 4.47. The van der Waals surface area contributed by atoms with Crippen LogP contribution in [0.5, 0.6) is 5.75 Å². The molecule has 2 rings (SSSR count). The molecule has 0 unspecified atom stereocenters. The zero-order valence-corrected chi connectivity index (χ0v) is 15.5. The molecule has 24 heavy (non-hydrogen) atoms. The van der Waals surface area contributed by atoms with Crippen molar-refractivity contribution < 1.29 is 14.3 Å². The van der Waals surface area contributed by atoms with Crippen molar-refractivity contribution in [2.75, 3.05) is 38.7 Å². The lowest BCUT2D eigenvalue weighted by atomic mass is 9.89. The highest BCUT2D eigenvalue weighted by Gasteiger charge is 2.39. The summed E-state index contributed by atoms with van der Waals surface area (Å²) in [5.74, 6) is 0.704. The van der Waals surface area contributed by atoms with Gasteiger partial charge in [-0.05, 0) is 58.1 Å². The summed E-state index contributed by atoms with van der Waals surface area (Å²) in [6.45, 7) is 8.12. The summed E-state index contributed by atoms with van der Waals surface area (Å²) in [5.41, 5.74) is 0.154. The molecular weight excluding hydrogens is 304 g/mol. The number of anilines is 1. The summed E-state index contributed by atoms with van der Waals surface area (Å²) in [5, 5.41) is 3.35. The van der Waals surface area contributed by atoms with Crippen molar-refractivity contribution in [3.05, 3.63) is 24.3 Å². The molecule has 0 bridgehead atoms. The Morgan fingerprint density at radius 3 is 2.29 bits per heavy atom. The molecule has 0 aromatic heterocycles. The van der Waals surface area contributed by atoms with Gasteiger partial charge < -0.3 is 19.7 Å². The molecule has 1 saturated heterocycles. The molecule has 0 spiro atoms. The van der Waals surface area contributed by atoms with Crippen LogP contribution in [0.15, 0.2) is 24.3 Å². The maximum Gasteiger partial charge on any atom is 0.311 e. The molecule has 1 aromatic rings. The van der Waals surface area contributed by atoms with Crippen LogP contribution in [-0.4, -0.2) is 45.4 Å². The van der Waals surface area contributed by atoms with Gasteiger partial charge in [-0.1, -0.05) is 0 Å². The van der Waals surface area contributed by atoms with Crippen molar-refractivity contribution in [2.45, 2.75) is 39.2 Å². The molecule has 134 valence electrons. The van der Waals surface area contributed by atoms with E-state index < -0.39 is 11.0 Å². The first-order valence-corrected chi connectivity index (χ1v) is 8.55. The quantitative estimate of drug-likeness (QED) is 0.839. The fourth-order valence-corrected chi connectivity index (χ4v) is 2.88. The Morgan fingerprint density at radius 1 is 1.21 bits per heavy atom. The lowest BCUT2D eigenvalue weighted by Crippen LogP contribution is -2.53. The van der Waals surface area contributed by atoms with Gasteiger partial charge in [0.15, 0.2) is 0 Å². The first kappa shape index (κ1) is 18.6. The van der Waals surface area contributed by atoms with Crippen LogP contribution in [0, 0.1) is 5.41 Å². The van der Waals surface area contributed by atoms with Crippen LogP contribution in [0.2, 0.25) is 0 Å². The molecule has 1 aliphatic heterocycles. The standard InChI is InChI=1S/C19H30N2O3/c1-18(2,3)17(22)24-19(10-12-20-13-11-19)14-21(4)15-6-8-16(23-5)9-7-15/h6-9,20H,10-14H2,1-5H3. The third kappa shape index (κ3) is 4.63. The van der Waals surface area contributed by atoms with Crippen molar-refractivity contribution in [2.24, 2.45) is 5.41 Å². The smallest absolute Gasteiger partial charge is 0.311 e. The Balaban J connectivity index is 2.13. The van der Waals surface area contributed by atoms with Crippen LogP contribution in [0.4, 0.5) is 5.69 Å². The average Bonchev–Trinajstić information content (AvgIpc) is 2.54. The first-order chi connectivity index (χ1) is 11.3. The van der Waals surface area contributed by atoms with E-state index >= 15 is 0 Å². The van der Waals surface area contributed by atoms with E-state index in [-0.39, 0.29) is 5.97 Å². The van der Waals surface area contributed by atoms with Crippen LogP contribution in [-0.2, 0) is 9.53 Å². The van der Waals surface area contributed by atoms with Crippen molar-refractivity contribution in [3.63, 3.8) is 0 Å². The number of benzene rings is 1. The molecular formula is C19H30N2O3. The second kappa shape index (κ2) is 7.43. The minimum Gasteiger partial charge on any atom is -0.497 e. The van der Waals surface area contributed by atoms with Gasteiger partial charge >= 0.3 is 5.97 Å². The normalized spacial score (nSPS) is 17.2. The van der Waals surface area contributed by atoms with Gasteiger partial charge in [0.1, 0.15) is 11.4 Å². The van der Waals surface area contributed by atoms with E-state index in [4.69, 9.17) is 9.47 Å². The predicted octanol–water partition coefficient (Wildman–Crippen LogP) is 2.84. The van der Waals surface area contributed by atoms with Gasteiger partial charge in [-0.3, -0.25) is 4.79 Å². The van der Waals surface area contributed by atoms with E-state index in [0.717, 1.165) is 37.4 Å². The number of hydrogen-bond acceptors (Lipinski definition) is 5. The van der Waals surface area contributed by atoms with Crippen molar-refractivity contribution in [3.8, 4) is 5.75 Å². The number of methoxy groups -OCH3 is 1. The lowest BCUT2D eigenvalue weighted by molar-refractivity contribution is -0.171. The molecule has 0 radical (unpaired) electrons. The number of likely N-dealkylation sites (N-methyl/N-ethyl adjacent to an activating group) is 1. The van der Waals surface area contributed by atoms with E-state index in [9.17, 15) is 4.79 Å². The molecule has 1 aromatic carbocycles. The second-order valence-corrected chi connectivity index (χ2v) is 7.63. The number of nitrogens with one attached hydrogen (secondary N) is 1. The highest BCUT2D eigenvalue weighted by molar-refractivity contribution is 5.76. The number of rotatable bonds is 5. The maximum atomic E-state index is 12.5. The van der Waals surface area contributed by atoms with Crippen LogP contribution in [0.25, 0.3) is 0 Å². The molecule has 1 heterocycles. The second-order valence-electron chi connectivity index (χ2n) is 7.63. The van der Waals surface area contributed by atoms with Gasteiger partial charge in [0, 0.05) is 25.6 Å². The summed E-state index contributed by atoms with van der Waals surface area (Å²) in [7, 11) is 3.70. The van der Waals surface area contributed by atoms with Gasteiger partial charge in [0.05, 0.1) is 19.1 Å². The SMILES string of the molecule is COc1ccc(N(C)CC2(OC(=O)C(C)(C)C)CCNCC2)cc1. The van der Waals surface area contributed by atoms with Gasteiger partial charge in [-0.2, -0.15) is 0 Å². The fourth-order valence-electron chi connectivity index (χ4n) is 2.88. The molecule has 0 amide bonds. The Morgan fingerprint density at radius 2 is 1.79 bits per heavy atom. The van der Waals surface area contributed by atoms with E-state index in [0.29, 0.717) is 6.54 Å². The summed E-state index contributed by atoms with van der Waals surface area (Å²) in [6.07, 6.45) is 1.66. The summed E-state index contributed by atoms with van der Waals surface area (Å²) >= 11 is 0. The number of carbonyl (C=O) groups is 1. The summed E-state index contributed by atoms with van der Waals surface area (Å²) < 4.78 is 11.2. The molecule has 1 fully saturated rings. The van der Waals surface area contributed by atoms with Crippen LogP contribution >= 0.6 is 0 Å². The lowest BCUT2D eigenvalue weighted by Gasteiger charge is -2.41. The van der Waals surface area contributed by atoms with Crippen LogP contribution in [0.3, 0.4) is 0 Å². The Kier molecular flexibility index (Phi) is 5.75. The number of carbonyl (C=O) groups excluding carboxylic acids is 1. The molecule has 0 atom stereocenters. The van der Waals surface area contributed by atoms with Crippen molar-refractivity contribution in [1.29, 1.82) is 0 Å². The topological polar surface area (TPSA) is 50.8 Å². The van der Waals surface area contributed by atoms with Crippen molar-refractivity contribution >= 4 is 11.7 Å². The van der Waals surface area contributed by atoms with Gasteiger partial charge in [-0.25, -0.2) is 0 Å². The third-order valence-corrected chi connectivity index (χ3v) is 4.47. The number of hydrogen-bond donors (Lipinski definition) is 1. The minimum absolute atomic E-state index is 0.132. The first-order valence-electron chi connectivity index (χ1n) is 8.55. The fraction of sp³-hybridized carbons (Fsp3) is 0.632. The molecule has 1 N–H and O–H groups in total. The van der Waals surface area contributed by atoms with Gasteiger partial charge in [-0.15, -0.1) is 0 Å². The summed E-state index contributed by atoms with van der Waals surface area (Å²) in [6, 6.07) is 7.95. The molecule has 0 aliphatic carbocycles. The summed E-state index contributed by atoms with van der Waals surface area (Å²) in [4.78, 5) is 14.6. The Labute approximate surface area is 145 Å². The highest BCUT2D eigenvalue weighted by Crippen LogP contribution is 2.30. The molecule has 1 aliphatic rings. The highest BCUT2D eigenvalue weighted by atomic mass is 16.6. The monoisotopic (exact) mass is 334 g/mol. The van der Waals surface area contributed by atoms with Crippen LogP contribution in [0.1, 0.15) is 33.6 Å².